The SMILES string of the molecule is CC(C)CN(C[C@@H](O)[C@H](Cc1ccccc1)NC(=O)OC1CO[C@H]2OCCC12)S(=O)(=O)c1ccc(NC(=O)OC2COC3OCC[C@H]23)cc1. The molecule has 15 heteroatoms. The van der Waals surface area contributed by atoms with Crippen molar-refractivity contribution < 1.29 is 51.5 Å². The van der Waals surface area contributed by atoms with Crippen LogP contribution in [0.1, 0.15) is 32.3 Å². The quantitative estimate of drug-likeness (QED) is 0.280. The van der Waals surface area contributed by atoms with Crippen LogP contribution in [0.15, 0.2) is 59.5 Å². The molecule has 0 aromatic heterocycles. The number of rotatable bonds is 13. The first-order valence-electron chi connectivity index (χ1n) is 16.8. The van der Waals surface area contributed by atoms with Crippen LogP contribution in [0.25, 0.3) is 0 Å². The van der Waals surface area contributed by atoms with E-state index in [0.29, 0.717) is 25.3 Å². The Kier molecular flexibility index (Phi) is 11.4. The second-order valence-corrected chi connectivity index (χ2v) is 15.2. The lowest BCUT2D eigenvalue weighted by atomic mass is 10.0. The van der Waals surface area contributed by atoms with Crippen molar-refractivity contribution in [3.63, 3.8) is 0 Å². The Bertz CT molecular complexity index is 1530. The summed E-state index contributed by atoms with van der Waals surface area (Å²) in [7, 11) is -4.10. The number of alkyl carbamates (subject to hydrolysis) is 1. The zero-order valence-electron chi connectivity index (χ0n) is 27.6. The molecule has 0 radical (unpaired) electrons. The first-order valence-corrected chi connectivity index (χ1v) is 18.2. The summed E-state index contributed by atoms with van der Waals surface area (Å²) in [5.41, 5.74) is 1.20. The van der Waals surface area contributed by atoms with E-state index in [1.54, 1.807) is 0 Å². The molecular formula is C34H45N3O11S. The summed E-state index contributed by atoms with van der Waals surface area (Å²) < 4.78 is 62.5. The number of nitrogens with one attached hydrogen (secondary N) is 2. The summed E-state index contributed by atoms with van der Waals surface area (Å²) in [6, 6.07) is 14.2. The summed E-state index contributed by atoms with van der Waals surface area (Å²) >= 11 is 0. The fourth-order valence-electron chi connectivity index (χ4n) is 6.73. The lowest BCUT2D eigenvalue weighted by Gasteiger charge is -2.31. The van der Waals surface area contributed by atoms with Gasteiger partial charge in [-0.05, 0) is 55.0 Å². The number of carbonyl (C=O) groups is 2. The van der Waals surface area contributed by atoms with Gasteiger partial charge in [0.15, 0.2) is 12.6 Å². The van der Waals surface area contributed by atoms with Gasteiger partial charge in [0, 0.05) is 18.8 Å². The van der Waals surface area contributed by atoms with E-state index in [1.165, 1.54) is 28.6 Å². The second kappa shape index (κ2) is 15.7. The highest BCUT2D eigenvalue weighted by molar-refractivity contribution is 7.89. The molecule has 4 saturated heterocycles. The number of aliphatic hydroxyl groups excluding tert-OH is 1. The average Bonchev–Trinajstić information content (AvgIpc) is 3.87. The fraction of sp³-hybridized carbons (Fsp3) is 0.588. The minimum atomic E-state index is -4.10. The van der Waals surface area contributed by atoms with Crippen LogP contribution < -0.4 is 10.6 Å². The molecule has 0 aliphatic carbocycles. The third kappa shape index (κ3) is 8.71. The van der Waals surface area contributed by atoms with Gasteiger partial charge in [-0.2, -0.15) is 4.31 Å². The molecule has 0 spiro atoms. The zero-order valence-corrected chi connectivity index (χ0v) is 28.5. The lowest BCUT2D eigenvalue weighted by Crippen LogP contribution is -2.51. The Morgan fingerprint density at radius 2 is 1.45 bits per heavy atom. The number of ether oxygens (including phenoxy) is 6. The highest BCUT2D eigenvalue weighted by Crippen LogP contribution is 2.34. The monoisotopic (exact) mass is 703 g/mol. The molecule has 0 bridgehead atoms. The molecule has 2 aromatic rings. The number of hydrogen-bond acceptors (Lipinski definition) is 11. The Balaban J connectivity index is 1.11. The van der Waals surface area contributed by atoms with Gasteiger partial charge in [-0.15, -0.1) is 0 Å². The van der Waals surface area contributed by atoms with Crippen molar-refractivity contribution in [2.75, 3.05) is 44.8 Å². The summed E-state index contributed by atoms with van der Waals surface area (Å²) in [6.45, 7) is 5.15. The molecular weight excluding hydrogens is 658 g/mol. The molecule has 49 heavy (non-hydrogen) atoms. The molecule has 14 nitrogen and oxygen atoms in total. The zero-order chi connectivity index (χ0) is 34.5. The van der Waals surface area contributed by atoms with Crippen LogP contribution in [0.5, 0.6) is 0 Å². The maximum absolute atomic E-state index is 14.0. The average molecular weight is 704 g/mol. The van der Waals surface area contributed by atoms with E-state index in [9.17, 15) is 23.1 Å². The number of nitrogens with zero attached hydrogens (tertiary/aromatic N) is 1. The van der Waals surface area contributed by atoms with Crippen molar-refractivity contribution in [3.8, 4) is 0 Å². The summed E-state index contributed by atoms with van der Waals surface area (Å²) in [5, 5.41) is 17.0. The number of sulfonamides is 1. The maximum Gasteiger partial charge on any atom is 0.411 e. The molecule has 2 amide bonds. The number of carbonyl (C=O) groups excluding carboxylic acids is 2. The van der Waals surface area contributed by atoms with Gasteiger partial charge in [0.25, 0.3) is 0 Å². The molecule has 0 saturated carbocycles. The van der Waals surface area contributed by atoms with Crippen LogP contribution in [0.3, 0.4) is 0 Å². The van der Waals surface area contributed by atoms with Crippen LogP contribution in [0.4, 0.5) is 15.3 Å². The highest BCUT2D eigenvalue weighted by Gasteiger charge is 2.45. The minimum absolute atomic E-state index is 0.00891. The van der Waals surface area contributed by atoms with Gasteiger partial charge in [0.1, 0.15) is 12.2 Å². The number of amides is 2. The predicted molar refractivity (Wildman–Crippen MR) is 175 cm³/mol. The van der Waals surface area contributed by atoms with Crippen LogP contribution in [-0.4, -0.2) is 106 Å². The van der Waals surface area contributed by atoms with Crippen molar-refractivity contribution in [2.45, 2.75) is 74.9 Å². The van der Waals surface area contributed by atoms with Crippen LogP contribution >= 0.6 is 0 Å². The third-order valence-electron chi connectivity index (χ3n) is 9.25. The molecule has 4 aliphatic heterocycles. The highest BCUT2D eigenvalue weighted by atomic mass is 32.2. The van der Waals surface area contributed by atoms with Crippen molar-refractivity contribution in [2.24, 2.45) is 17.8 Å². The second-order valence-electron chi connectivity index (χ2n) is 13.3. The largest absolute Gasteiger partial charge is 0.443 e. The molecule has 4 aliphatic rings. The predicted octanol–water partition coefficient (Wildman–Crippen LogP) is 3.10. The van der Waals surface area contributed by atoms with Crippen molar-refractivity contribution in [3.05, 3.63) is 60.2 Å². The van der Waals surface area contributed by atoms with E-state index in [-0.39, 0.29) is 68.0 Å². The molecule has 4 unspecified atom stereocenters. The smallest absolute Gasteiger partial charge is 0.411 e. The molecule has 6 rings (SSSR count). The number of aliphatic hydroxyl groups is 1. The minimum Gasteiger partial charge on any atom is -0.443 e. The number of fused-ring (bicyclic) bond motifs is 2. The fourth-order valence-corrected chi connectivity index (χ4v) is 8.35. The number of anilines is 1. The summed E-state index contributed by atoms with van der Waals surface area (Å²) in [5.74, 6) is -0.138. The molecule has 4 fully saturated rings. The first kappa shape index (κ1) is 35.5. The molecule has 3 N–H and O–H groups in total. The Hall–Kier alpha value is -3.31. The molecule has 268 valence electrons. The van der Waals surface area contributed by atoms with Gasteiger partial charge in [-0.25, -0.2) is 18.0 Å². The maximum atomic E-state index is 14.0. The van der Waals surface area contributed by atoms with Crippen molar-refractivity contribution in [1.29, 1.82) is 0 Å². The molecule has 4 heterocycles. The van der Waals surface area contributed by atoms with Crippen molar-refractivity contribution in [1.82, 2.24) is 9.62 Å². The van der Waals surface area contributed by atoms with Gasteiger partial charge < -0.3 is 38.8 Å². The van der Waals surface area contributed by atoms with Gasteiger partial charge >= 0.3 is 12.2 Å². The third-order valence-corrected chi connectivity index (χ3v) is 11.1. The van der Waals surface area contributed by atoms with Gasteiger partial charge in [-0.1, -0.05) is 44.2 Å². The van der Waals surface area contributed by atoms with Crippen LogP contribution in [0.2, 0.25) is 0 Å². The van der Waals surface area contributed by atoms with E-state index >= 15 is 0 Å². The summed E-state index contributed by atoms with van der Waals surface area (Å²) in [4.78, 5) is 25.7. The Labute approximate surface area is 286 Å². The van der Waals surface area contributed by atoms with E-state index in [1.807, 2.05) is 44.2 Å². The Morgan fingerprint density at radius 1 is 0.857 bits per heavy atom. The van der Waals surface area contributed by atoms with Gasteiger partial charge in [0.05, 0.1) is 55.3 Å². The van der Waals surface area contributed by atoms with E-state index < -0.39 is 46.6 Å². The van der Waals surface area contributed by atoms with E-state index in [4.69, 9.17) is 28.4 Å². The summed E-state index contributed by atoms with van der Waals surface area (Å²) in [6.07, 6.45) is -2.63. The van der Waals surface area contributed by atoms with Crippen molar-refractivity contribution >= 4 is 27.9 Å². The Morgan fingerprint density at radius 3 is 2.04 bits per heavy atom. The van der Waals surface area contributed by atoms with Gasteiger partial charge in [-0.3, -0.25) is 5.32 Å². The number of benzene rings is 2. The van der Waals surface area contributed by atoms with Crippen LogP contribution in [-0.2, 0) is 44.9 Å². The lowest BCUT2D eigenvalue weighted by molar-refractivity contribution is -0.0909. The van der Waals surface area contributed by atoms with Gasteiger partial charge in [0.2, 0.25) is 10.0 Å². The number of hydrogen-bond donors (Lipinski definition) is 3. The standard InChI is InChI=1S/C34H45N3O11S/c1-21(2)17-37(49(41,42)24-10-8-23(9-11-24)35-33(39)47-29-19-45-31-25(29)12-14-43-31)18-28(38)27(16-22-6-4-3-5-7-22)36-34(40)48-30-20-46-32-26(30)13-15-44-32/h3-11,21,25-32,38H,12-20H2,1-2H3,(H,35,39)(H,36,40)/t25-,26?,27+,28-,29?,30?,31?,32-/m1/s1. The first-order chi connectivity index (χ1) is 23.6. The van der Waals surface area contributed by atoms with E-state index in [0.717, 1.165) is 12.0 Å². The molecule has 2 aromatic carbocycles. The van der Waals surface area contributed by atoms with Crippen LogP contribution in [0, 0.1) is 17.8 Å². The topological polar surface area (TPSA) is 171 Å². The normalized spacial score (nSPS) is 27.4. The van der Waals surface area contributed by atoms with E-state index in [2.05, 4.69) is 10.6 Å². The molecule has 8 atom stereocenters.